The molecule has 2 aliphatic rings. The number of rotatable bonds is 0. The van der Waals surface area contributed by atoms with Crippen LogP contribution < -0.4 is 5.32 Å². The summed E-state index contributed by atoms with van der Waals surface area (Å²) < 4.78 is 0. The van der Waals surface area contributed by atoms with Gasteiger partial charge in [0.05, 0.1) is 0 Å². The van der Waals surface area contributed by atoms with E-state index in [0.29, 0.717) is 0 Å². The summed E-state index contributed by atoms with van der Waals surface area (Å²) in [5, 5.41) is 3.58. The van der Waals surface area contributed by atoms with Crippen LogP contribution in [0.2, 0.25) is 0 Å². The van der Waals surface area contributed by atoms with Crippen molar-refractivity contribution >= 4 is 0 Å². The Labute approximate surface area is 56.8 Å². The smallest absolute Gasteiger partial charge is 0.00756 e. The van der Waals surface area contributed by atoms with Gasteiger partial charge < -0.3 is 5.32 Å². The molecule has 1 saturated heterocycles. The molecule has 0 radical (unpaired) electrons. The first-order valence-electron chi connectivity index (χ1n) is 4.03. The van der Waals surface area contributed by atoms with E-state index < -0.39 is 0 Å². The molecule has 1 aliphatic heterocycles. The van der Waals surface area contributed by atoms with Crippen molar-refractivity contribution in [1.82, 2.24) is 5.32 Å². The van der Waals surface area contributed by atoms with E-state index in [0.717, 1.165) is 23.9 Å². The summed E-state index contributed by atoms with van der Waals surface area (Å²) in [7, 11) is 0. The Morgan fingerprint density at radius 2 is 2.00 bits per heavy atom. The predicted molar refractivity (Wildman–Crippen MR) is 38.3 cm³/mol. The maximum absolute atomic E-state index is 3.58. The van der Waals surface area contributed by atoms with Gasteiger partial charge in [-0.15, -0.1) is 0 Å². The van der Waals surface area contributed by atoms with Crippen LogP contribution in [0.3, 0.4) is 0 Å². The molecule has 2 bridgehead atoms. The van der Waals surface area contributed by atoms with Crippen LogP contribution in [0.4, 0.5) is 0 Å². The highest BCUT2D eigenvalue weighted by Gasteiger charge is 2.41. The minimum absolute atomic E-state index is 0.804. The van der Waals surface area contributed by atoms with Crippen molar-refractivity contribution in [2.45, 2.75) is 38.8 Å². The molecule has 0 spiro atoms. The van der Waals surface area contributed by atoms with Gasteiger partial charge in [0.15, 0.2) is 0 Å². The lowest BCUT2D eigenvalue weighted by atomic mass is 9.91. The van der Waals surface area contributed by atoms with Crippen LogP contribution in [-0.2, 0) is 0 Å². The lowest BCUT2D eigenvalue weighted by Gasteiger charge is -2.24. The third-order valence-corrected chi connectivity index (χ3v) is 3.08. The molecule has 4 atom stereocenters. The topological polar surface area (TPSA) is 12.0 Å². The Hall–Kier alpha value is -0.0400. The maximum Gasteiger partial charge on any atom is 0.00756 e. The number of fused-ring (bicyclic) bond motifs is 2. The second-order valence-electron chi connectivity index (χ2n) is 3.76. The Kier molecular flexibility index (Phi) is 1.10. The van der Waals surface area contributed by atoms with Crippen LogP contribution >= 0.6 is 0 Å². The third kappa shape index (κ3) is 0.710. The Morgan fingerprint density at radius 3 is 2.33 bits per heavy atom. The van der Waals surface area contributed by atoms with Gasteiger partial charge in [0.1, 0.15) is 0 Å². The molecule has 9 heavy (non-hydrogen) atoms. The van der Waals surface area contributed by atoms with Gasteiger partial charge in [-0.05, 0) is 31.6 Å². The number of piperidine rings is 1. The lowest BCUT2D eigenvalue weighted by Crippen LogP contribution is -2.36. The molecule has 2 rings (SSSR count). The molecule has 1 N–H and O–H groups in total. The molecule has 1 heteroatoms. The van der Waals surface area contributed by atoms with Crippen LogP contribution in [0.25, 0.3) is 0 Å². The van der Waals surface area contributed by atoms with E-state index in [2.05, 4.69) is 19.2 Å². The summed E-state index contributed by atoms with van der Waals surface area (Å²) in [6, 6.07) is 1.68. The van der Waals surface area contributed by atoms with E-state index in [1.54, 1.807) is 0 Å². The van der Waals surface area contributed by atoms with E-state index >= 15 is 0 Å². The summed E-state index contributed by atoms with van der Waals surface area (Å²) in [4.78, 5) is 0. The van der Waals surface area contributed by atoms with Crippen LogP contribution in [0.1, 0.15) is 26.7 Å². The number of hydrogen-bond acceptors (Lipinski definition) is 1. The molecular weight excluding hydrogens is 110 g/mol. The predicted octanol–water partition coefficient (Wildman–Crippen LogP) is 1.39. The average Bonchev–Trinajstić information content (AvgIpc) is 2.22. The number of nitrogens with one attached hydrogen (secondary N) is 1. The fourth-order valence-corrected chi connectivity index (χ4v) is 2.61. The van der Waals surface area contributed by atoms with Gasteiger partial charge in [-0.25, -0.2) is 0 Å². The second-order valence-corrected chi connectivity index (χ2v) is 3.76. The SMILES string of the molecule is CC1CC2CC1[C@@H](C)N2. The Balaban J connectivity index is 2.13. The quantitative estimate of drug-likeness (QED) is 0.516. The summed E-state index contributed by atoms with van der Waals surface area (Å²) in [5.41, 5.74) is 0. The molecule has 1 aliphatic carbocycles. The minimum Gasteiger partial charge on any atom is -0.311 e. The highest BCUT2D eigenvalue weighted by Crippen LogP contribution is 2.39. The van der Waals surface area contributed by atoms with Gasteiger partial charge in [0, 0.05) is 12.1 Å². The largest absolute Gasteiger partial charge is 0.311 e. The van der Waals surface area contributed by atoms with E-state index in [4.69, 9.17) is 0 Å². The fraction of sp³-hybridized carbons (Fsp3) is 1.00. The molecule has 2 fully saturated rings. The number of hydrogen-bond donors (Lipinski definition) is 1. The van der Waals surface area contributed by atoms with Gasteiger partial charge in [-0.3, -0.25) is 0 Å². The highest BCUT2D eigenvalue weighted by atomic mass is 15.0. The average molecular weight is 125 g/mol. The van der Waals surface area contributed by atoms with Gasteiger partial charge in [0.2, 0.25) is 0 Å². The first kappa shape index (κ1) is 5.72. The van der Waals surface area contributed by atoms with E-state index in [9.17, 15) is 0 Å². The van der Waals surface area contributed by atoms with Gasteiger partial charge >= 0.3 is 0 Å². The fourth-order valence-electron chi connectivity index (χ4n) is 2.61. The molecular formula is C8H15N. The van der Waals surface area contributed by atoms with Crippen molar-refractivity contribution < 1.29 is 0 Å². The molecule has 1 heterocycles. The van der Waals surface area contributed by atoms with E-state index in [1.165, 1.54) is 12.8 Å². The zero-order valence-electron chi connectivity index (χ0n) is 6.22. The van der Waals surface area contributed by atoms with Crippen LogP contribution in [0.5, 0.6) is 0 Å². The zero-order chi connectivity index (χ0) is 6.43. The standard InChI is InChI=1S/C8H15N/c1-5-3-7-4-8(5)6(2)9-7/h5-9H,3-4H2,1-2H3/t5?,6-,7?,8?/m1/s1. The minimum atomic E-state index is 0.804. The van der Waals surface area contributed by atoms with Crippen molar-refractivity contribution in [3.8, 4) is 0 Å². The molecule has 0 aromatic carbocycles. The van der Waals surface area contributed by atoms with Crippen LogP contribution in [0.15, 0.2) is 0 Å². The Morgan fingerprint density at radius 1 is 1.22 bits per heavy atom. The second kappa shape index (κ2) is 1.72. The van der Waals surface area contributed by atoms with E-state index in [-0.39, 0.29) is 0 Å². The summed E-state index contributed by atoms with van der Waals surface area (Å²) in [6.07, 6.45) is 2.87. The van der Waals surface area contributed by atoms with Gasteiger partial charge in [-0.2, -0.15) is 0 Å². The first-order valence-corrected chi connectivity index (χ1v) is 4.03. The summed E-state index contributed by atoms with van der Waals surface area (Å²) in [5.74, 6) is 1.99. The zero-order valence-corrected chi connectivity index (χ0v) is 6.22. The van der Waals surface area contributed by atoms with Gasteiger partial charge in [0.25, 0.3) is 0 Å². The molecule has 0 amide bonds. The summed E-state index contributed by atoms with van der Waals surface area (Å²) >= 11 is 0. The monoisotopic (exact) mass is 125 g/mol. The van der Waals surface area contributed by atoms with Crippen LogP contribution in [0, 0.1) is 11.8 Å². The molecule has 1 saturated carbocycles. The van der Waals surface area contributed by atoms with Crippen molar-refractivity contribution in [2.24, 2.45) is 11.8 Å². The summed E-state index contributed by atoms with van der Waals surface area (Å²) in [6.45, 7) is 4.71. The Bertz CT molecular complexity index is 110. The third-order valence-electron chi connectivity index (χ3n) is 3.08. The first-order chi connectivity index (χ1) is 4.27. The molecule has 0 aromatic rings. The van der Waals surface area contributed by atoms with Crippen LogP contribution in [-0.4, -0.2) is 12.1 Å². The highest BCUT2D eigenvalue weighted by molar-refractivity contribution is 4.97. The van der Waals surface area contributed by atoms with Crippen molar-refractivity contribution in [2.75, 3.05) is 0 Å². The molecule has 52 valence electrons. The molecule has 3 unspecified atom stereocenters. The molecule has 0 aromatic heterocycles. The maximum atomic E-state index is 3.58. The normalized spacial score (nSPS) is 56.7. The van der Waals surface area contributed by atoms with Crippen molar-refractivity contribution in [3.05, 3.63) is 0 Å². The van der Waals surface area contributed by atoms with E-state index in [1.807, 2.05) is 0 Å². The van der Waals surface area contributed by atoms with Gasteiger partial charge in [-0.1, -0.05) is 6.92 Å². The lowest BCUT2D eigenvalue weighted by molar-refractivity contribution is 0.310. The van der Waals surface area contributed by atoms with Crippen molar-refractivity contribution in [1.29, 1.82) is 0 Å². The van der Waals surface area contributed by atoms with Crippen molar-refractivity contribution in [3.63, 3.8) is 0 Å². The molecule has 1 nitrogen and oxygen atoms in total.